The van der Waals surface area contributed by atoms with Crippen LogP contribution in [-0.4, -0.2) is 48.2 Å². The monoisotopic (exact) mass is 520 g/mol. The van der Waals surface area contributed by atoms with Crippen molar-refractivity contribution in [3.05, 3.63) is 98.5 Å². The molecule has 0 amide bonds. The summed E-state index contributed by atoms with van der Waals surface area (Å²) in [6.07, 6.45) is 1.53. The highest BCUT2D eigenvalue weighted by Crippen LogP contribution is 2.43. The molecule has 1 aliphatic heterocycles. The fourth-order valence-corrected chi connectivity index (χ4v) is 5.92. The normalized spacial score (nSPS) is 16.4. The van der Waals surface area contributed by atoms with Crippen LogP contribution in [0.4, 0.5) is 5.69 Å². The lowest BCUT2D eigenvalue weighted by atomic mass is 9.79. The number of aromatic carboxylic acids is 1. The molecule has 0 spiro atoms. The fraction of sp³-hybridized carbons (Fsp3) is 0.300. The van der Waals surface area contributed by atoms with Crippen LogP contribution >= 0.6 is 23.2 Å². The van der Waals surface area contributed by atoms with Gasteiger partial charge in [-0.1, -0.05) is 47.5 Å². The van der Waals surface area contributed by atoms with Crippen LogP contribution < -0.4 is 4.90 Å². The molecular formula is C30H30Cl2N2O2. The van der Waals surface area contributed by atoms with E-state index in [4.69, 9.17) is 23.2 Å². The number of carboxylic acid groups (broad SMARTS) is 1. The van der Waals surface area contributed by atoms with Crippen LogP contribution in [0.3, 0.4) is 0 Å². The second-order valence-electron chi connectivity index (χ2n) is 9.82. The molecule has 1 N–H and O–H groups in total. The molecule has 0 radical (unpaired) electrons. The van der Waals surface area contributed by atoms with Crippen LogP contribution in [0.5, 0.6) is 0 Å². The van der Waals surface area contributed by atoms with Crippen molar-refractivity contribution in [1.29, 1.82) is 0 Å². The van der Waals surface area contributed by atoms with Gasteiger partial charge in [0.1, 0.15) is 0 Å². The predicted octanol–water partition coefficient (Wildman–Crippen LogP) is 7.13. The summed E-state index contributed by atoms with van der Waals surface area (Å²) in [5.41, 5.74) is 7.99. The summed E-state index contributed by atoms with van der Waals surface area (Å²) in [6, 6.07) is 20.4. The predicted molar refractivity (Wildman–Crippen MR) is 149 cm³/mol. The highest BCUT2D eigenvalue weighted by molar-refractivity contribution is 6.36. The first kappa shape index (κ1) is 24.9. The molecule has 1 aliphatic carbocycles. The van der Waals surface area contributed by atoms with Crippen molar-refractivity contribution in [2.75, 3.05) is 31.1 Å². The van der Waals surface area contributed by atoms with Crippen molar-refractivity contribution in [3.8, 4) is 0 Å². The molecule has 0 saturated carbocycles. The van der Waals surface area contributed by atoms with E-state index in [1.807, 2.05) is 18.2 Å². The zero-order chi connectivity index (χ0) is 25.4. The largest absolute Gasteiger partial charge is 0.478 e. The van der Waals surface area contributed by atoms with Crippen molar-refractivity contribution in [2.45, 2.75) is 32.7 Å². The average molecular weight is 521 g/mol. The molecule has 4 nitrogen and oxygen atoms in total. The molecule has 2 aliphatic rings. The molecule has 36 heavy (non-hydrogen) atoms. The summed E-state index contributed by atoms with van der Waals surface area (Å²) in [5.74, 6) is -0.906. The van der Waals surface area contributed by atoms with Gasteiger partial charge in [-0.3, -0.25) is 4.90 Å². The Morgan fingerprint density at radius 3 is 2.19 bits per heavy atom. The Labute approximate surface area is 222 Å². The molecule has 1 heterocycles. The Balaban J connectivity index is 1.56. The highest BCUT2D eigenvalue weighted by Gasteiger charge is 2.25. The summed E-state index contributed by atoms with van der Waals surface area (Å²) >= 11 is 12.9. The summed E-state index contributed by atoms with van der Waals surface area (Å²) in [4.78, 5) is 16.6. The molecule has 5 rings (SSSR count). The maximum Gasteiger partial charge on any atom is 0.335 e. The van der Waals surface area contributed by atoms with Gasteiger partial charge in [0.15, 0.2) is 0 Å². The number of halogens is 2. The van der Waals surface area contributed by atoms with E-state index in [2.05, 4.69) is 47.9 Å². The number of aryl methyl sites for hydroxylation is 1. The minimum atomic E-state index is -0.906. The molecule has 0 unspecified atom stereocenters. The molecular weight excluding hydrogens is 491 g/mol. The van der Waals surface area contributed by atoms with Crippen molar-refractivity contribution >= 4 is 46.0 Å². The standard InChI is InChI=1S/C30H30Cl2N2O2/c1-19(2)33-13-15-34(16-14-33)24-8-3-20(4-9-24)29-25-10-6-22(30(35)36)17-21(25)5-11-27(29)26-12-7-23(31)18-28(26)32/h3-4,6-10,12,17-19H,5,11,13-16H2,1-2H3,(H,35,36). The summed E-state index contributed by atoms with van der Waals surface area (Å²) < 4.78 is 0. The average Bonchev–Trinajstić information content (AvgIpc) is 2.88. The van der Waals surface area contributed by atoms with E-state index < -0.39 is 5.97 Å². The number of carboxylic acids is 1. The van der Waals surface area contributed by atoms with Crippen molar-refractivity contribution in [3.63, 3.8) is 0 Å². The van der Waals surface area contributed by atoms with Crippen molar-refractivity contribution in [1.82, 2.24) is 4.90 Å². The number of fused-ring (bicyclic) bond motifs is 1. The number of piperazine rings is 1. The Hall–Kier alpha value is -2.79. The smallest absolute Gasteiger partial charge is 0.335 e. The molecule has 3 aromatic carbocycles. The number of hydrogen-bond donors (Lipinski definition) is 1. The quantitative estimate of drug-likeness (QED) is 0.388. The van der Waals surface area contributed by atoms with E-state index >= 15 is 0 Å². The van der Waals surface area contributed by atoms with E-state index in [1.165, 1.54) is 5.69 Å². The van der Waals surface area contributed by atoms with Crippen molar-refractivity contribution in [2.24, 2.45) is 0 Å². The summed E-state index contributed by atoms with van der Waals surface area (Å²) in [5, 5.41) is 10.7. The maximum absolute atomic E-state index is 11.6. The van der Waals surface area contributed by atoms with Gasteiger partial charge < -0.3 is 10.0 Å². The first-order valence-corrected chi connectivity index (χ1v) is 13.2. The van der Waals surface area contributed by atoms with Crippen molar-refractivity contribution < 1.29 is 9.90 Å². The Morgan fingerprint density at radius 2 is 1.56 bits per heavy atom. The molecule has 0 bridgehead atoms. The second kappa shape index (κ2) is 10.3. The van der Waals surface area contributed by atoms with Crippen LogP contribution in [0.2, 0.25) is 10.0 Å². The molecule has 186 valence electrons. The van der Waals surface area contributed by atoms with Crippen LogP contribution in [0.15, 0.2) is 60.7 Å². The van der Waals surface area contributed by atoms with E-state index in [-0.39, 0.29) is 0 Å². The topological polar surface area (TPSA) is 43.8 Å². The van der Waals surface area contributed by atoms with Gasteiger partial charge in [-0.15, -0.1) is 0 Å². The lowest BCUT2D eigenvalue weighted by molar-refractivity contribution is 0.0696. The van der Waals surface area contributed by atoms with E-state index in [0.717, 1.165) is 72.4 Å². The third-order valence-corrected chi connectivity index (χ3v) is 7.94. The molecule has 0 atom stereocenters. The Bertz CT molecular complexity index is 1320. The van der Waals surface area contributed by atoms with Crippen LogP contribution in [0.25, 0.3) is 11.1 Å². The molecule has 1 fully saturated rings. The van der Waals surface area contributed by atoms with Gasteiger partial charge >= 0.3 is 5.97 Å². The Morgan fingerprint density at radius 1 is 0.861 bits per heavy atom. The fourth-order valence-electron chi connectivity index (χ4n) is 5.39. The molecule has 1 saturated heterocycles. The Kier molecular flexibility index (Phi) is 7.11. The third-order valence-electron chi connectivity index (χ3n) is 7.39. The number of benzene rings is 3. The van der Waals surface area contributed by atoms with E-state index in [9.17, 15) is 9.90 Å². The molecule has 6 heteroatoms. The van der Waals surface area contributed by atoms with Crippen LogP contribution in [0.1, 0.15) is 52.9 Å². The minimum absolute atomic E-state index is 0.317. The lowest BCUT2D eigenvalue weighted by Crippen LogP contribution is -2.48. The van der Waals surface area contributed by atoms with Gasteiger partial charge in [0.25, 0.3) is 0 Å². The van der Waals surface area contributed by atoms with Gasteiger partial charge in [0, 0.05) is 48.0 Å². The van der Waals surface area contributed by atoms with Gasteiger partial charge in [-0.25, -0.2) is 4.79 Å². The zero-order valence-electron chi connectivity index (χ0n) is 20.6. The number of rotatable bonds is 5. The summed E-state index contributed by atoms with van der Waals surface area (Å²) in [7, 11) is 0. The second-order valence-corrected chi connectivity index (χ2v) is 10.7. The highest BCUT2D eigenvalue weighted by atomic mass is 35.5. The van der Waals surface area contributed by atoms with Crippen LogP contribution in [-0.2, 0) is 6.42 Å². The maximum atomic E-state index is 11.6. The van der Waals surface area contributed by atoms with Gasteiger partial charge in [-0.05, 0) is 96.5 Å². The third kappa shape index (κ3) is 4.90. The van der Waals surface area contributed by atoms with Crippen LogP contribution in [0, 0.1) is 0 Å². The van der Waals surface area contributed by atoms with Gasteiger partial charge in [0.2, 0.25) is 0 Å². The van der Waals surface area contributed by atoms with Gasteiger partial charge in [-0.2, -0.15) is 0 Å². The molecule has 0 aromatic heterocycles. The minimum Gasteiger partial charge on any atom is -0.478 e. The van der Waals surface area contributed by atoms with E-state index in [0.29, 0.717) is 21.7 Å². The van der Waals surface area contributed by atoms with E-state index in [1.54, 1.807) is 18.2 Å². The first-order chi connectivity index (χ1) is 17.3. The number of allylic oxidation sites excluding steroid dienone is 1. The number of hydrogen-bond acceptors (Lipinski definition) is 3. The number of anilines is 1. The lowest BCUT2D eigenvalue weighted by Gasteiger charge is -2.38. The zero-order valence-corrected chi connectivity index (χ0v) is 22.1. The number of carbonyl (C=O) groups is 1. The van der Waals surface area contributed by atoms with Gasteiger partial charge in [0.05, 0.1) is 5.56 Å². The molecule has 3 aromatic rings. The SMILES string of the molecule is CC(C)N1CCN(c2ccc(C3=C(c4ccc(Cl)cc4Cl)CCc4cc(C(=O)O)ccc43)cc2)CC1. The summed E-state index contributed by atoms with van der Waals surface area (Å²) in [6.45, 7) is 8.69. The number of nitrogens with zero attached hydrogens (tertiary/aromatic N) is 2. The first-order valence-electron chi connectivity index (χ1n) is 12.5.